The summed E-state index contributed by atoms with van der Waals surface area (Å²) >= 11 is 0. The Balaban J connectivity index is 0.000001000. The van der Waals surface area contributed by atoms with Gasteiger partial charge in [-0.2, -0.15) is 0 Å². The van der Waals surface area contributed by atoms with E-state index in [1.807, 2.05) is 0 Å². The normalized spacial score (nSPS) is 22.9. The first-order valence-corrected chi connectivity index (χ1v) is 4.33. The summed E-state index contributed by atoms with van der Waals surface area (Å²) in [5.74, 6) is 0. The van der Waals surface area contributed by atoms with Crippen molar-refractivity contribution in [3.63, 3.8) is 0 Å². The SMILES string of the molecule is CN(C)C1(C)CCCCC1.N. The summed E-state index contributed by atoms with van der Waals surface area (Å²) in [7, 11) is 4.40. The molecule has 0 aromatic carbocycles. The molecule has 0 aliphatic heterocycles. The van der Waals surface area contributed by atoms with Gasteiger partial charge in [0.25, 0.3) is 0 Å². The van der Waals surface area contributed by atoms with Crippen LogP contribution in [0.25, 0.3) is 0 Å². The van der Waals surface area contributed by atoms with Crippen molar-refractivity contribution in [3.8, 4) is 0 Å². The van der Waals surface area contributed by atoms with Crippen LogP contribution in [0.4, 0.5) is 0 Å². The predicted molar refractivity (Wildman–Crippen MR) is 50.2 cm³/mol. The molecule has 0 unspecified atom stereocenters. The van der Waals surface area contributed by atoms with Crippen molar-refractivity contribution in [3.05, 3.63) is 0 Å². The van der Waals surface area contributed by atoms with E-state index in [2.05, 4.69) is 25.9 Å². The topological polar surface area (TPSA) is 38.2 Å². The zero-order valence-corrected chi connectivity index (χ0v) is 8.19. The summed E-state index contributed by atoms with van der Waals surface area (Å²) in [5.41, 5.74) is 0.512. The zero-order chi connectivity index (χ0) is 7.61. The monoisotopic (exact) mass is 158 g/mol. The summed E-state index contributed by atoms with van der Waals surface area (Å²) in [5, 5.41) is 0. The molecule has 3 N–H and O–H groups in total. The summed E-state index contributed by atoms with van der Waals surface area (Å²) in [6.07, 6.45) is 7.08. The summed E-state index contributed by atoms with van der Waals surface area (Å²) in [6.45, 7) is 2.38. The summed E-state index contributed by atoms with van der Waals surface area (Å²) in [6, 6.07) is 0. The van der Waals surface area contributed by atoms with Crippen LogP contribution in [0, 0.1) is 0 Å². The number of hydrogen-bond donors (Lipinski definition) is 1. The Morgan fingerprint density at radius 3 is 1.73 bits per heavy atom. The van der Waals surface area contributed by atoms with Crippen LogP contribution >= 0.6 is 0 Å². The lowest BCUT2D eigenvalue weighted by molar-refractivity contribution is 0.120. The van der Waals surface area contributed by atoms with Gasteiger partial charge in [-0.3, -0.25) is 0 Å². The van der Waals surface area contributed by atoms with E-state index in [0.29, 0.717) is 5.54 Å². The Kier molecular flexibility index (Phi) is 4.04. The molecule has 0 bridgehead atoms. The summed E-state index contributed by atoms with van der Waals surface area (Å²) < 4.78 is 0. The highest BCUT2D eigenvalue weighted by Crippen LogP contribution is 2.31. The van der Waals surface area contributed by atoms with E-state index in [1.165, 1.54) is 32.1 Å². The van der Waals surface area contributed by atoms with Crippen molar-refractivity contribution in [1.82, 2.24) is 11.1 Å². The van der Waals surface area contributed by atoms with Gasteiger partial charge in [0, 0.05) is 5.54 Å². The van der Waals surface area contributed by atoms with Crippen LogP contribution in [-0.2, 0) is 0 Å². The maximum Gasteiger partial charge on any atom is 0.0175 e. The van der Waals surface area contributed by atoms with Crippen molar-refractivity contribution in [2.45, 2.75) is 44.6 Å². The Hall–Kier alpha value is -0.0800. The average molecular weight is 158 g/mol. The molecule has 0 spiro atoms. The number of hydrogen-bond acceptors (Lipinski definition) is 2. The molecule has 0 amide bonds. The minimum absolute atomic E-state index is 0. The van der Waals surface area contributed by atoms with E-state index in [1.54, 1.807) is 0 Å². The van der Waals surface area contributed by atoms with Crippen LogP contribution in [-0.4, -0.2) is 24.5 Å². The molecule has 2 heteroatoms. The first-order valence-electron chi connectivity index (χ1n) is 4.33. The Morgan fingerprint density at radius 1 is 1.00 bits per heavy atom. The van der Waals surface area contributed by atoms with Gasteiger partial charge in [-0.05, 0) is 33.9 Å². The van der Waals surface area contributed by atoms with E-state index in [-0.39, 0.29) is 6.15 Å². The van der Waals surface area contributed by atoms with Crippen molar-refractivity contribution in [2.75, 3.05) is 14.1 Å². The first kappa shape index (κ1) is 10.9. The van der Waals surface area contributed by atoms with Gasteiger partial charge >= 0.3 is 0 Å². The Labute approximate surface area is 70.5 Å². The highest BCUT2D eigenvalue weighted by molar-refractivity contribution is 4.85. The fourth-order valence-electron chi connectivity index (χ4n) is 1.76. The van der Waals surface area contributed by atoms with Gasteiger partial charge in [-0.15, -0.1) is 0 Å². The minimum Gasteiger partial charge on any atom is -0.344 e. The molecule has 1 rings (SSSR count). The Bertz CT molecular complexity index is 104. The van der Waals surface area contributed by atoms with Crippen LogP contribution in [0.3, 0.4) is 0 Å². The van der Waals surface area contributed by atoms with E-state index < -0.39 is 0 Å². The largest absolute Gasteiger partial charge is 0.344 e. The minimum atomic E-state index is 0. The van der Waals surface area contributed by atoms with Crippen molar-refractivity contribution in [1.29, 1.82) is 0 Å². The molecule has 0 aromatic rings. The second kappa shape index (κ2) is 4.07. The van der Waals surface area contributed by atoms with Crippen LogP contribution in [0.5, 0.6) is 0 Å². The maximum absolute atomic E-state index is 2.38. The second-order valence-corrected chi connectivity index (χ2v) is 3.95. The molecule has 0 heterocycles. The molecular formula is C9H22N2. The molecule has 1 aliphatic rings. The van der Waals surface area contributed by atoms with E-state index in [0.717, 1.165) is 0 Å². The van der Waals surface area contributed by atoms with Gasteiger partial charge in [0.05, 0.1) is 0 Å². The highest BCUT2D eigenvalue weighted by Gasteiger charge is 2.28. The summed E-state index contributed by atoms with van der Waals surface area (Å²) in [4.78, 5) is 2.38. The van der Waals surface area contributed by atoms with Crippen molar-refractivity contribution >= 4 is 0 Å². The van der Waals surface area contributed by atoms with Crippen LogP contribution in [0.15, 0.2) is 0 Å². The molecule has 0 aromatic heterocycles. The molecule has 0 atom stereocenters. The quantitative estimate of drug-likeness (QED) is 0.636. The third-order valence-corrected chi connectivity index (χ3v) is 3.01. The number of rotatable bonds is 1. The van der Waals surface area contributed by atoms with E-state index in [9.17, 15) is 0 Å². The fraction of sp³-hybridized carbons (Fsp3) is 1.00. The molecule has 68 valence electrons. The lowest BCUT2D eigenvalue weighted by Crippen LogP contribution is -2.42. The lowest BCUT2D eigenvalue weighted by atomic mass is 9.82. The molecule has 1 aliphatic carbocycles. The first-order chi connectivity index (χ1) is 4.65. The van der Waals surface area contributed by atoms with Gasteiger partial charge in [0.15, 0.2) is 0 Å². The highest BCUT2D eigenvalue weighted by atomic mass is 15.1. The van der Waals surface area contributed by atoms with Gasteiger partial charge in [-0.1, -0.05) is 19.3 Å². The standard InChI is InChI=1S/C9H19N.H3N/c1-9(10(2)3)7-5-4-6-8-9;/h4-8H2,1-3H3;1H3. The lowest BCUT2D eigenvalue weighted by Gasteiger charge is -2.39. The van der Waals surface area contributed by atoms with Crippen molar-refractivity contribution in [2.24, 2.45) is 0 Å². The van der Waals surface area contributed by atoms with Crippen LogP contribution in [0.2, 0.25) is 0 Å². The van der Waals surface area contributed by atoms with Crippen LogP contribution in [0.1, 0.15) is 39.0 Å². The predicted octanol–water partition coefficient (Wildman–Crippen LogP) is 2.43. The average Bonchev–Trinajstić information content (AvgIpc) is 1.89. The molecular weight excluding hydrogens is 136 g/mol. The molecule has 1 fully saturated rings. The molecule has 1 saturated carbocycles. The second-order valence-electron chi connectivity index (χ2n) is 3.95. The third kappa shape index (κ3) is 2.46. The molecule has 0 saturated heterocycles. The van der Waals surface area contributed by atoms with E-state index >= 15 is 0 Å². The fourth-order valence-corrected chi connectivity index (χ4v) is 1.76. The molecule has 0 radical (unpaired) electrons. The van der Waals surface area contributed by atoms with Gasteiger partial charge in [-0.25, -0.2) is 0 Å². The Morgan fingerprint density at radius 2 is 1.45 bits per heavy atom. The van der Waals surface area contributed by atoms with Crippen LogP contribution < -0.4 is 6.15 Å². The van der Waals surface area contributed by atoms with Gasteiger partial charge in [0.2, 0.25) is 0 Å². The maximum atomic E-state index is 2.38. The molecule has 11 heavy (non-hydrogen) atoms. The van der Waals surface area contributed by atoms with Gasteiger partial charge < -0.3 is 11.1 Å². The van der Waals surface area contributed by atoms with Crippen molar-refractivity contribution < 1.29 is 0 Å². The zero-order valence-electron chi connectivity index (χ0n) is 8.19. The van der Waals surface area contributed by atoms with E-state index in [4.69, 9.17) is 0 Å². The third-order valence-electron chi connectivity index (χ3n) is 3.01. The molecule has 2 nitrogen and oxygen atoms in total. The number of nitrogens with zero attached hydrogens (tertiary/aromatic N) is 1. The van der Waals surface area contributed by atoms with Gasteiger partial charge in [0.1, 0.15) is 0 Å². The smallest absolute Gasteiger partial charge is 0.0175 e.